The van der Waals surface area contributed by atoms with Gasteiger partial charge in [0.15, 0.2) is 0 Å². The van der Waals surface area contributed by atoms with Crippen molar-refractivity contribution in [1.29, 1.82) is 0 Å². The van der Waals surface area contributed by atoms with Crippen molar-refractivity contribution in [2.75, 3.05) is 5.32 Å². The SMILES string of the molecule is Cc1c[nH]c(C(=O)C=C(I)c2c(F)ccc3c2CC(=O)N3)c1C. The van der Waals surface area contributed by atoms with Gasteiger partial charge in [-0.3, -0.25) is 9.59 Å². The van der Waals surface area contributed by atoms with Crippen LogP contribution >= 0.6 is 22.6 Å². The largest absolute Gasteiger partial charge is 0.358 e. The van der Waals surface area contributed by atoms with Gasteiger partial charge in [0.1, 0.15) is 5.82 Å². The standard InChI is InChI=1S/C17H14FIN2O2/c1-8-7-20-17(9(8)2)14(22)6-12(19)16-10-5-15(23)21-13(10)4-3-11(16)18/h3-4,6-7,20H,5H2,1-2H3,(H,21,23). The molecule has 2 N–H and O–H groups in total. The molecule has 0 aliphatic carbocycles. The predicted molar refractivity (Wildman–Crippen MR) is 95.3 cm³/mol. The van der Waals surface area contributed by atoms with Gasteiger partial charge in [-0.05, 0) is 65.3 Å². The summed E-state index contributed by atoms with van der Waals surface area (Å²) < 4.78 is 14.7. The Morgan fingerprint density at radius 1 is 1.35 bits per heavy atom. The van der Waals surface area contributed by atoms with Crippen LogP contribution in [0.2, 0.25) is 0 Å². The maximum absolute atomic E-state index is 14.3. The van der Waals surface area contributed by atoms with Crippen LogP contribution in [0.15, 0.2) is 24.4 Å². The highest BCUT2D eigenvalue weighted by molar-refractivity contribution is 14.1. The smallest absolute Gasteiger partial charge is 0.228 e. The summed E-state index contributed by atoms with van der Waals surface area (Å²) >= 11 is 1.94. The maximum atomic E-state index is 14.3. The van der Waals surface area contributed by atoms with E-state index >= 15 is 0 Å². The highest BCUT2D eigenvalue weighted by Crippen LogP contribution is 2.36. The number of allylic oxidation sites excluding steroid dienone is 1. The molecule has 0 fully saturated rings. The molecule has 1 aliphatic rings. The Hall–Kier alpha value is -1.96. The quantitative estimate of drug-likeness (QED) is 0.446. The summed E-state index contributed by atoms with van der Waals surface area (Å²) in [7, 11) is 0. The number of halogens is 2. The molecule has 1 amide bonds. The number of hydrogen-bond donors (Lipinski definition) is 2. The van der Waals surface area contributed by atoms with Gasteiger partial charge in [0.2, 0.25) is 11.7 Å². The minimum Gasteiger partial charge on any atom is -0.358 e. The van der Waals surface area contributed by atoms with E-state index in [9.17, 15) is 14.0 Å². The lowest BCUT2D eigenvalue weighted by Gasteiger charge is -2.08. The molecule has 1 aliphatic heterocycles. The maximum Gasteiger partial charge on any atom is 0.228 e. The van der Waals surface area contributed by atoms with Crippen LogP contribution in [0.1, 0.15) is 32.7 Å². The summed E-state index contributed by atoms with van der Waals surface area (Å²) in [6, 6.07) is 2.85. The number of hydrogen-bond acceptors (Lipinski definition) is 2. The molecule has 0 spiro atoms. The lowest BCUT2D eigenvalue weighted by Crippen LogP contribution is -2.03. The molecule has 1 aromatic heterocycles. The molecule has 0 atom stereocenters. The summed E-state index contributed by atoms with van der Waals surface area (Å²) in [5.74, 6) is -0.819. The van der Waals surface area contributed by atoms with E-state index in [1.807, 2.05) is 36.4 Å². The van der Waals surface area contributed by atoms with Crippen molar-refractivity contribution in [3.8, 4) is 0 Å². The molecule has 0 radical (unpaired) electrons. The Kier molecular flexibility index (Phi) is 4.09. The van der Waals surface area contributed by atoms with E-state index < -0.39 is 5.82 Å². The van der Waals surface area contributed by atoms with Gasteiger partial charge >= 0.3 is 0 Å². The number of carbonyl (C=O) groups is 2. The number of aromatic nitrogens is 1. The topological polar surface area (TPSA) is 62.0 Å². The summed E-state index contributed by atoms with van der Waals surface area (Å²) in [6.45, 7) is 3.78. The Labute approximate surface area is 146 Å². The molecule has 23 heavy (non-hydrogen) atoms. The molecule has 2 aromatic rings. The number of aryl methyl sites for hydroxylation is 1. The summed E-state index contributed by atoms with van der Waals surface area (Å²) in [4.78, 5) is 26.9. The van der Waals surface area contributed by atoms with E-state index in [0.29, 0.717) is 26.1 Å². The zero-order valence-corrected chi connectivity index (χ0v) is 14.7. The number of ketones is 1. The zero-order chi connectivity index (χ0) is 16.7. The summed E-state index contributed by atoms with van der Waals surface area (Å²) in [5.41, 5.74) is 3.90. The van der Waals surface area contributed by atoms with Gasteiger partial charge in [-0.2, -0.15) is 0 Å². The highest BCUT2D eigenvalue weighted by Gasteiger charge is 2.25. The summed E-state index contributed by atoms with van der Waals surface area (Å²) in [5, 5.41) is 2.69. The molecule has 0 saturated carbocycles. The Morgan fingerprint density at radius 2 is 2.09 bits per heavy atom. The monoisotopic (exact) mass is 424 g/mol. The number of nitrogens with one attached hydrogen (secondary N) is 2. The average molecular weight is 424 g/mol. The fourth-order valence-electron chi connectivity index (χ4n) is 2.64. The average Bonchev–Trinajstić information content (AvgIpc) is 3.01. The Morgan fingerprint density at radius 3 is 2.74 bits per heavy atom. The number of amides is 1. The Bertz CT molecular complexity index is 868. The van der Waals surface area contributed by atoms with Crippen molar-refractivity contribution in [2.45, 2.75) is 20.3 Å². The van der Waals surface area contributed by atoms with Gasteiger partial charge in [-0.1, -0.05) is 0 Å². The molecule has 0 saturated heterocycles. The fourth-order valence-corrected chi connectivity index (χ4v) is 3.51. The van der Waals surface area contributed by atoms with Crippen LogP contribution < -0.4 is 5.32 Å². The third-order valence-corrected chi connectivity index (χ3v) is 4.87. The first-order valence-electron chi connectivity index (χ1n) is 7.06. The van der Waals surface area contributed by atoms with Crippen molar-refractivity contribution in [3.05, 3.63) is 58.2 Å². The molecule has 6 heteroatoms. The van der Waals surface area contributed by atoms with Crippen molar-refractivity contribution in [3.63, 3.8) is 0 Å². The van der Waals surface area contributed by atoms with Gasteiger partial charge in [0.25, 0.3) is 0 Å². The number of carbonyl (C=O) groups excluding carboxylic acids is 2. The predicted octanol–water partition coefficient (Wildman–Crippen LogP) is 3.92. The van der Waals surface area contributed by atoms with Crippen molar-refractivity contribution in [1.82, 2.24) is 4.98 Å². The van der Waals surface area contributed by atoms with Gasteiger partial charge in [0.05, 0.1) is 12.1 Å². The van der Waals surface area contributed by atoms with Crippen molar-refractivity contribution in [2.24, 2.45) is 0 Å². The van der Waals surface area contributed by atoms with Gasteiger partial charge in [0, 0.05) is 27.1 Å². The molecule has 4 nitrogen and oxygen atoms in total. The van der Waals surface area contributed by atoms with E-state index in [2.05, 4.69) is 10.3 Å². The number of rotatable bonds is 3. The van der Waals surface area contributed by atoms with Gasteiger partial charge in [-0.25, -0.2) is 4.39 Å². The van der Waals surface area contributed by atoms with E-state index in [1.54, 1.807) is 12.3 Å². The normalized spacial score (nSPS) is 13.9. The van der Waals surface area contributed by atoms with E-state index in [4.69, 9.17) is 0 Å². The fraction of sp³-hybridized carbons (Fsp3) is 0.176. The van der Waals surface area contributed by atoms with Crippen molar-refractivity contribution < 1.29 is 14.0 Å². The first kappa shape index (κ1) is 15.9. The molecule has 0 bridgehead atoms. The number of fused-ring (bicyclic) bond motifs is 1. The molecule has 118 valence electrons. The minimum atomic E-state index is -0.437. The van der Waals surface area contributed by atoms with Crippen LogP contribution in [0.5, 0.6) is 0 Å². The minimum absolute atomic E-state index is 0.123. The third-order valence-electron chi connectivity index (χ3n) is 4.02. The molecule has 2 heterocycles. The van der Waals surface area contributed by atoms with Crippen LogP contribution in [-0.2, 0) is 11.2 Å². The van der Waals surface area contributed by atoms with Gasteiger partial charge < -0.3 is 10.3 Å². The number of aromatic amines is 1. The molecule has 3 rings (SSSR count). The van der Waals surface area contributed by atoms with Crippen LogP contribution in [0, 0.1) is 19.7 Å². The van der Waals surface area contributed by atoms with Crippen LogP contribution in [0.25, 0.3) is 3.58 Å². The Balaban J connectivity index is 2.03. The molecular formula is C17H14FIN2O2. The zero-order valence-electron chi connectivity index (χ0n) is 12.6. The highest BCUT2D eigenvalue weighted by atomic mass is 127. The second kappa shape index (κ2) is 5.92. The third kappa shape index (κ3) is 2.83. The first-order valence-corrected chi connectivity index (χ1v) is 8.14. The second-order valence-corrected chi connectivity index (χ2v) is 6.66. The van der Waals surface area contributed by atoms with E-state index in [0.717, 1.165) is 11.1 Å². The van der Waals surface area contributed by atoms with E-state index in [-0.39, 0.29) is 18.1 Å². The summed E-state index contributed by atoms with van der Waals surface area (Å²) in [6.07, 6.45) is 3.30. The van der Waals surface area contributed by atoms with Crippen molar-refractivity contribution >= 4 is 43.5 Å². The molecular weight excluding hydrogens is 410 g/mol. The molecule has 1 aromatic carbocycles. The second-order valence-electron chi connectivity index (χ2n) is 5.50. The van der Waals surface area contributed by atoms with E-state index in [1.165, 1.54) is 12.1 Å². The lowest BCUT2D eigenvalue weighted by molar-refractivity contribution is -0.115. The van der Waals surface area contributed by atoms with Crippen LogP contribution in [0.3, 0.4) is 0 Å². The van der Waals surface area contributed by atoms with Crippen LogP contribution in [0.4, 0.5) is 10.1 Å². The lowest BCUT2D eigenvalue weighted by atomic mass is 10.0. The number of anilines is 1. The first-order chi connectivity index (χ1) is 10.9. The number of H-pyrrole nitrogens is 1. The van der Waals surface area contributed by atoms with Crippen LogP contribution in [-0.4, -0.2) is 16.7 Å². The number of benzene rings is 1. The van der Waals surface area contributed by atoms with Gasteiger partial charge in [-0.15, -0.1) is 0 Å². The molecule has 0 unspecified atom stereocenters.